The second-order valence-corrected chi connectivity index (χ2v) is 12.3. The maximum Gasteiger partial charge on any atom is 0.272 e. The largest absolute Gasteiger partial charge is 0.493 e. The van der Waals surface area contributed by atoms with Gasteiger partial charge in [0.05, 0.1) is 17.9 Å². The van der Waals surface area contributed by atoms with Gasteiger partial charge in [-0.05, 0) is 80.6 Å². The van der Waals surface area contributed by atoms with Gasteiger partial charge in [0.1, 0.15) is 22.5 Å². The van der Waals surface area contributed by atoms with Crippen molar-refractivity contribution in [2.45, 2.75) is 37.5 Å². The van der Waals surface area contributed by atoms with Crippen LogP contribution in [0.2, 0.25) is 0 Å². The van der Waals surface area contributed by atoms with Crippen LogP contribution < -0.4 is 20.7 Å². The first-order valence-corrected chi connectivity index (χ1v) is 16.4. The monoisotopic (exact) mass is 636 g/mol. The Labute approximate surface area is 270 Å². The number of para-hydroxylation sites is 1. The van der Waals surface area contributed by atoms with Crippen LogP contribution in [0.1, 0.15) is 51.7 Å². The minimum Gasteiger partial charge on any atom is -0.493 e. The molecule has 1 aliphatic carbocycles. The number of carbonyl (C=O) groups is 3. The van der Waals surface area contributed by atoms with E-state index >= 15 is 0 Å². The zero-order valence-corrected chi connectivity index (χ0v) is 26.4. The number of amides is 3. The highest BCUT2D eigenvalue weighted by molar-refractivity contribution is 8.00. The molecule has 0 unspecified atom stereocenters. The molecule has 0 radical (unpaired) electrons. The zero-order valence-electron chi connectivity index (χ0n) is 24.7. The van der Waals surface area contributed by atoms with E-state index in [1.165, 1.54) is 28.0 Å². The van der Waals surface area contributed by atoms with Gasteiger partial charge in [-0.25, -0.2) is 0 Å². The summed E-state index contributed by atoms with van der Waals surface area (Å²) in [5.41, 5.74) is 3.26. The number of anilines is 2. The number of ether oxygens (including phenoxy) is 1. The summed E-state index contributed by atoms with van der Waals surface area (Å²) in [5, 5.41) is 18.9. The summed E-state index contributed by atoms with van der Waals surface area (Å²) >= 11 is 2.82. The molecular weight excluding hydrogens is 605 g/mol. The minimum absolute atomic E-state index is 0.0420. The summed E-state index contributed by atoms with van der Waals surface area (Å²) in [5.74, 6) is -0.424. The van der Waals surface area contributed by atoms with Gasteiger partial charge < -0.3 is 20.7 Å². The molecule has 8 nitrogen and oxygen atoms in total. The molecule has 0 fully saturated rings. The number of fused-ring (bicyclic) bond motifs is 1. The van der Waals surface area contributed by atoms with E-state index in [2.05, 4.69) is 22.0 Å². The van der Waals surface area contributed by atoms with E-state index < -0.39 is 11.8 Å². The molecule has 0 saturated heterocycles. The second-order valence-electron chi connectivity index (χ2n) is 10.2. The van der Waals surface area contributed by atoms with Crippen LogP contribution in [-0.2, 0) is 22.4 Å². The van der Waals surface area contributed by atoms with Gasteiger partial charge in [-0.3, -0.25) is 14.4 Å². The number of thioether (sulfide) groups is 1. The van der Waals surface area contributed by atoms with Crippen molar-refractivity contribution in [2.24, 2.45) is 0 Å². The summed E-state index contributed by atoms with van der Waals surface area (Å²) in [7, 11) is 0. The fraction of sp³-hybridized carbons (Fsp3) is 0.200. The number of nitrogens with zero attached hydrogens (tertiary/aromatic N) is 1. The van der Waals surface area contributed by atoms with Gasteiger partial charge in [0.15, 0.2) is 0 Å². The lowest BCUT2D eigenvalue weighted by Crippen LogP contribution is -2.30. The smallest absolute Gasteiger partial charge is 0.272 e. The van der Waals surface area contributed by atoms with Crippen molar-refractivity contribution in [1.82, 2.24) is 5.32 Å². The van der Waals surface area contributed by atoms with Crippen molar-refractivity contribution in [3.05, 3.63) is 112 Å². The molecule has 5 rings (SSSR count). The Hall–Kier alpha value is -4.85. The molecule has 0 atom stereocenters. The lowest BCUT2D eigenvalue weighted by atomic mass is 9.96. The molecule has 0 saturated carbocycles. The normalized spacial score (nSPS) is 12.4. The third-order valence-corrected chi connectivity index (χ3v) is 9.25. The summed E-state index contributed by atoms with van der Waals surface area (Å²) in [6.07, 6.45) is 5.58. The Kier molecular flexibility index (Phi) is 10.7. The van der Waals surface area contributed by atoms with Crippen LogP contribution in [-0.4, -0.2) is 30.1 Å². The molecule has 0 spiro atoms. The molecule has 3 N–H and O–H groups in total. The SMILES string of the molecule is CCOc1ccccc1/C=C(/NC(=O)c1ccccc1)C(=O)Nc1cccc(SCC(=O)Nc2sc3c(c2C#N)CCCC3)c1. The third-order valence-electron chi connectivity index (χ3n) is 7.05. The molecule has 1 aliphatic rings. The van der Waals surface area contributed by atoms with Gasteiger partial charge in [-0.2, -0.15) is 5.26 Å². The van der Waals surface area contributed by atoms with E-state index in [1.54, 1.807) is 60.7 Å². The van der Waals surface area contributed by atoms with Crippen LogP contribution in [0.3, 0.4) is 0 Å². The van der Waals surface area contributed by atoms with Gasteiger partial charge in [-0.15, -0.1) is 23.1 Å². The van der Waals surface area contributed by atoms with Crippen LogP contribution in [0.5, 0.6) is 5.75 Å². The Morgan fingerprint density at radius 3 is 2.56 bits per heavy atom. The van der Waals surface area contributed by atoms with E-state index in [-0.39, 0.29) is 17.4 Å². The summed E-state index contributed by atoms with van der Waals surface area (Å²) < 4.78 is 5.72. The molecule has 10 heteroatoms. The fourth-order valence-corrected chi connectivity index (χ4v) is 6.94. The molecule has 4 aromatic rings. The average molecular weight is 637 g/mol. The number of nitrogens with one attached hydrogen (secondary N) is 3. The molecule has 3 aromatic carbocycles. The van der Waals surface area contributed by atoms with Gasteiger partial charge >= 0.3 is 0 Å². The minimum atomic E-state index is -0.517. The van der Waals surface area contributed by atoms with Crippen molar-refractivity contribution in [3.63, 3.8) is 0 Å². The summed E-state index contributed by atoms with van der Waals surface area (Å²) in [4.78, 5) is 41.4. The third kappa shape index (κ3) is 8.20. The van der Waals surface area contributed by atoms with Crippen LogP contribution in [0, 0.1) is 11.3 Å². The highest BCUT2D eigenvalue weighted by Gasteiger charge is 2.22. The van der Waals surface area contributed by atoms with Crippen molar-refractivity contribution >= 4 is 57.6 Å². The number of nitriles is 1. The van der Waals surface area contributed by atoms with Crippen molar-refractivity contribution in [2.75, 3.05) is 23.0 Å². The lowest BCUT2D eigenvalue weighted by Gasteiger charge is -2.13. The maximum atomic E-state index is 13.5. The van der Waals surface area contributed by atoms with Crippen LogP contribution in [0.25, 0.3) is 6.08 Å². The van der Waals surface area contributed by atoms with E-state index in [9.17, 15) is 19.6 Å². The molecule has 3 amide bonds. The topological polar surface area (TPSA) is 120 Å². The van der Waals surface area contributed by atoms with Gasteiger partial charge in [0.2, 0.25) is 5.91 Å². The van der Waals surface area contributed by atoms with Crippen molar-refractivity contribution < 1.29 is 19.1 Å². The van der Waals surface area contributed by atoms with E-state index in [0.717, 1.165) is 36.1 Å². The molecular formula is C35H32N4O4S2. The number of hydrogen-bond acceptors (Lipinski definition) is 7. The maximum absolute atomic E-state index is 13.5. The van der Waals surface area contributed by atoms with Gasteiger partial charge in [0, 0.05) is 26.6 Å². The number of hydrogen-bond donors (Lipinski definition) is 3. The number of thiophene rings is 1. The predicted molar refractivity (Wildman–Crippen MR) is 180 cm³/mol. The van der Waals surface area contributed by atoms with Crippen molar-refractivity contribution in [3.8, 4) is 11.8 Å². The highest BCUT2D eigenvalue weighted by atomic mass is 32.2. The molecule has 45 heavy (non-hydrogen) atoms. The Morgan fingerprint density at radius 2 is 1.76 bits per heavy atom. The predicted octanol–water partition coefficient (Wildman–Crippen LogP) is 7.04. The quantitative estimate of drug-likeness (QED) is 0.120. The first-order chi connectivity index (χ1) is 21.9. The lowest BCUT2D eigenvalue weighted by molar-refractivity contribution is -0.114. The number of rotatable bonds is 11. The zero-order chi connectivity index (χ0) is 31.6. The van der Waals surface area contributed by atoms with Crippen LogP contribution >= 0.6 is 23.1 Å². The highest BCUT2D eigenvalue weighted by Crippen LogP contribution is 2.37. The number of benzene rings is 3. The Bertz CT molecular complexity index is 1780. The Morgan fingerprint density at radius 1 is 0.978 bits per heavy atom. The number of aryl methyl sites for hydroxylation is 1. The first kappa shape index (κ1) is 31.6. The number of carbonyl (C=O) groups excluding carboxylic acids is 3. The van der Waals surface area contributed by atoms with Gasteiger partial charge in [0.25, 0.3) is 11.8 Å². The molecule has 1 aromatic heterocycles. The van der Waals surface area contributed by atoms with Crippen LogP contribution in [0.4, 0.5) is 10.7 Å². The van der Waals surface area contributed by atoms with E-state index in [4.69, 9.17) is 4.74 Å². The summed E-state index contributed by atoms with van der Waals surface area (Å²) in [6.45, 7) is 2.32. The molecule has 228 valence electrons. The molecule has 1 heterocycles. The van der Waals surface area contributed by atoms with Gasteiger partial charge in [-0.1, -0.05) is 42.5 Å². The van der Waals surface area contributed by atoms with E-state index in [1.807, 2.05) is 31.2 Å². The summed E-state index contributed by atoms with van der Waals surface area (Å²) in [6, 6.07) is 25.3. The van der Waals surface area contributed by atoms with Crippen molar-refractivity contribution in [1.29, 1.82) is 5.26 Å². The Balaban J connectivity index is 1.28. The first-order valence-electron chi connectivity index (χ1n) is 14.6. The fourth-order valence-electron chi connectivity index (χ4n) is 4.93. The second kappa shape index (κ2) is 15.2. The van der Waals surface area contributed by atoms with E-state index in [0.29, 0.717) is 39.7 Å². The standard InChI is InChI=1S/C35H32N4O4S2/c1-2-43-30-17-8-6-13-24(30)19-29(38-33(41)23-11-4-3-5-12-23)34(42)37-25-14-10-15-26(20-25)44-22-32(40)39-35-28(21-36)27-16-7-9-18-31(27)45-35/h3-6,8,10-15,17,19-20H,2,7,9,16,18,22H2,1H3,(H,37,42)(H,38,41)(H,39,40)/b29-19+. The van der Waals surface area contributed by atoms with Crippen LogP contribution in [0.15, 0.2) is 89.5 Å². The average Bonchev–Trinajstić information content (AvgIpc) is 3.41. The molecule has 0 aliphatic heterocycles. The molecule has 0 bridgehead atoms.